The van der Waals surface area contributed by atoms with Gasteiger partial charge in [0.15, 0.2) is 0 Å². The van der Waals surface area contributed by atoms with E-state index in [2.05, 4.69) is 29.6 Å². The van der Waals surface area contributed by atoms with Gasteiger partial charge in [-0.15, -0.1) is 0 Å². The second-order valence-corrected chi connectivity index (χ2v) is 8.30. The molecule has 4 rings (SSSR count). The summed E-state index contributed by atoms with van der Waals surface area (Å²) in [5.74, 6) is 0. The maximum Gasteiger partial charge on any atom is 0.150 e. The van der Waals surface area contributed by atoms with Gasteiger partial charge in [0.2, 0.25) is 0 Å². The predicted octanol–water partition coefficient (Wildman–Crippen LogP) is 5.47. The summed E-state index contributed by atoms with van der Waals surface area (Å²) in [6.07, 6.45) is 2.90. The first-order valence-electron chi connectivity index (χ1n) is 10.8. The minimum absolute atomic E-state index is 0.0116. The van der Waals surface area contributed by atoms with Crippen LogP contribution in [0, 0.1) is 0 Å². The second-order valence-electron chi connectivity index (χ2n) is 8.30. The summed E-state index contributed by atoms with van der Waals surface area (Å²) in [7, 11) is 0. The first-order chi connectivity index (χ1) is 15.2. The van der Waals surface area contributed by atoms with E-state index in [-0.39, 0.29) is 5.41 Å². The molecule has 3 aromatic rings. The van der Waals surface area contributed by atoms with Crippen LogP contribution >= 0.6 is 0 Å². The third-order valence-corrected chi connectivity index (χ3v) is 6.18. The van der Waals surface area contributed by atoms with Crippen molar-refractivity contribution in [2.45, 2.75) is 31.5 Å². The molecule has 1 N–H and O–H groups in total. The van der Waals surface area contributed by atoms with E-state index in [4.69, 9.17) is 4.74 Å². The van der Waals surface area contributed by atoms with Crippen molar-refractivity contribution in [3.05, 3.63) is 95.1 Å². The van der Waals surface area contributed by atoms with Crippen LogP contribution in [0.2, 0.25) is 0 Å². The number of nitrogens with one attached hydrogen (secondary N) is 1. The molecule has 0 aromatic heterocycles. The molecule has 0 spiro atoms. The number of ether oxygens (including phenoxy) is 1. The fraction of sp³-hybridized carbons (Fsp3) is 0.296. The summed E-state index contributed by atoms with van der Waals surface area (Å²) >= 11 is 0. The number of piperidine rings is 1. The smallest absolute Gasteiger partial charge is 0.150 e. The largest absolute Gasteiger partial charge is 0.376 e. The fourth-order valence-electron chi connectivity index (χ4n) is 4.42. The summed E-state index contributed by atoms with van der Waals surface area (Å²) in [6, 6.07) is 23.7. The first-order valence-corrected chi connectivity index (χ1v) is 10.8. The summed E-state index contributed by atoms with van der Waals surface area (Å²) in [5, 5.41) is 3.45. The van der Waals surface area contributed by atoms with E-state index in [0.717, 1.165) is 48.9 Å². The molecule has 0 aliphatic carbocycles. The van der Waals surface area contributed by atoms with Gasteiger partial charge in [0, 0.05) is 11.0 Å². The summed E-state index contributed by atoms with van der Waals surface area (Å²) in [6.45, 7) is 2.52. The molecule has 0 radical (unpaired) electrons. The molecule has 1 aliphatic heterocycles. The molecule has 0 amide bonds. The zero-order valence-corrected chi connectivity index (χ0v) is 17.6. The highest BCUT2D eigenvalue weighted by molar-refractivity contribution is 5.77. The van der Waals surface area contributed by atoms with E-state index in [1.54, 1.807) is 12.1 Å². The molecular weight excluding hydrogens is 389 g/mol. The highest BCUT2D eigenvalue weighted by Gasteiger charge is 2.34. The van der Waals surface area contributed by atoms with Crippen molar-refractivity contribution >= 4 is 6.29 Å². The molecule has 4 heteroatoms. The number of alkyl halides is 1. The van der Waals surface area contributed by atoms with Gasteiger partial charge < -0.3 is 10.1 Å². The Kier molecular flexibility index (Phi) is 6.90. The van der Waals surface area contributed by atoms with E-state index in [1.807, 2.05) is 36.4 Å². The standard InChI is InChI=1S/C27H28FNO2/c28-17-22-14-23(16-25(15-22)24-8-6-21(18-30)7-9-24)19-31-20-27(10-12-29-13-11-27)26-4-2-1-3-5-26/h1-9,14-16,18,29H,10-13,17,19-20H2. The number of carbonyl (C=O) groups is 1. The number of aldehydes is 1. The van der Waals surface area contributed by atoms with Crippen molar-refractivity contribution in [2.75, 3.05) is 19.7 Å². The molecule has 3 nitrogen and oxygen atoms in total. The summed E-state index contributed by atoms with van der Waals surface area (Å²) in [5.41, 5.74) is 5.45. The van der Waals surface area contributed by atoms with Gasteiger partial charge in [-0.3, -0.25) is 4.79 Å². The Bertz CT molecular complexity index is 996. The number of rotatable bonds is 8. The Morgan fingerprint density at radius 3 is 2.29 bits per heavy atom. The van der Waals surface area contributed by atoms with E-state index >= 15 is 0 Å². The average Bonchev–Trinajstić information content (AvgIpc) is 2.85. The topological polar surface area (TPSA) is 38.3 Å². The highest BCUT2D eigenvalue weighted by Crippen LogP contribution is 2.34. The van der Waals surface area contributed by atoms with Crippen molar-refractivity contribution in [1.82, 2.24) is 5.32 Å². The Hall–Kier alpha value is -2.82. The van der Waals surface area contributed by atoms with E-state index in [1.165, 1.54) is 5.56 Å². The molecule has 0 atom stereocenters. The molecule has 1 saturated heterocycles. The van der Waals surface area contributed by atoms with E-state index in [9.17, 15) is 9.18 Å². The first kappa shape index (κ1) is 21.4. The summed E-state index contributed by atoms with van der Waals surface area (Å²) < 4.78 is 19.8. The minimum atomic E-state index is -0.521. The molecule has 1 heterocycles. The molecule has 31 heavy (non-hydrogen) atoms. The van der Waals surface area contributed by atoms with Gasteiger partial charge in [0.1, 0.15) is 13.0 Å². The predicted molar refractivity (Wildman–Crippen MR) is 122 cm³/mol. The number of carbonyl (C=O) groups excluding carboxylic acids is 1. The number of halogens is 1. The molecule has 1 fully saturated rings. The zero-order valence-electron chi connectivity index (χ0n) is 17.6. The van der Waals surface area contributed by atoms with Crippen LogP contribution in [0.4, 0.5) is 4.39 Å². The average molecular weight is 418 g/mol. The normalized spacial score (nSPS) is 15.5. The van der Waals surface area contributed by atoms with Crippen LogP contribution in [-0.2, 0) is 23.4 Å². The molecular formula is C27H28FNO2. The van der Waals surface area contributed by atoms with Crippen LogP contribution in [0.15, 0.2) is 72.8 Å². The highest BCUT2D eigenvalue weighted by atomic mass is 19.1. The van der Waals surface area contributed by atoms with Crippen LogP contribution < -0.4 is 5.32 Å². The van der Waals surface area contributed by atoms with Crippen molar-refractivity contribution in [2.24, 2.45) is 0 Å². The molecule has 3 aromatic carbocycles. The molecule has 1 aliphatic rings. The van der Waals surface area contributed by atoms with E-state index < -0.39 is 6.67 Å². The fourth-order valence-corrected chi connectivity index (χ4v) is 4.42. The summed E-state index contributed by atoms with van der Waals surface area (Å²) in [4.78, 5) is 10.9. The maximum absolute atomic E-state index is 13.5. The molecule has 0 saturated carbocycles. The van der Waals surface area contributed by atoms with Crippen molar-refractivity contribution in [3.8, 4) is 11.1 Å². The van der Waals surface area contributed by atoms with Gasteiger partial charge in [-0.1, -0.05) is 60.7 Å². The zero-order chi connectivity index (χ0) is 21.5. The lowest BCUT2D eigenvalue weighted by molar-refractivity contribution is 0.0565. The molecule has 0 unspecified atom stereocenters. The lowest BCUT2D eigenvalue weighted by Crippen LogP contribution is -2.43. The monoisotopic (exact) mass is 417 g/mol. The lowest BCUT2D eigenvalue weighted by atomic mass is 9.74. The van der Waals surface area contributed by atoms with Crippen LogP contribution in [0.25, 0.3) is 11.1 Å². The van der Waals surface area contributed by atoms with Crippen LogP contribution in [0.5, 0.6) is 0 Å². The maximum atomic E-state index is 13.5. The van der Waals surface area contributed by atoms with E-state index in [0.29, 0.717) is 24.3 Å². The van der Waals surface area contributed by atoms with Crippen LogP contribution in [0.3, 0.4) is 0 Å². The second kappa shape index (κ2) is 9.99. The SMILES string of the molecule is O=Cc1ccc(-c2cc(CF)cc(COCC3(c4ccccc4)CCNCC3)c2)cc1. The molecule has 0 bridgehead atoms. The quantitative estimate of drug-likeness (QED) is 0.494. The van der Waals surface area contributed by atoms with Gasteiger partial charge in [-0.25, -0.2) is 4.39 Å². The van der Waals surface area contributed by atoms with Crippen molar-refractivity contribution < 1.29 is 13.9 Å². The van der Waals surface area contributed by atoms with Crippen LogP contribution in [0.1, 0.15) is 39.9 Å². The van der Waals surface area contributed by atoms with Gasteiger partial charge >= 0.3 is 0 Å². The van der Waals surface area contributed by atoms with Crippen molar-refractivity contribution in [3.63, 3.8) is 0 Å². The van der Waals surface area contributed by atoms with Gasteiger partial charge in [-0.05, 0) is 65.9 Å². The van der Waals surface area contributed by atoms with Crippen LogP contribution in [-0.4, -0.2) is 26.0 Å². The Labute approximate surface area is 183 Å². The third kappa shape index (κ3) is 5.09. The Balaban J connectivity index is 1.51. The minimum Gasteiger partial charge on any atom is -0.376 e. The lowest BCUT2D eigenvalue weighted by Gasteiger charge is -2.38. The Morgan fingerprint density at radius 2 is 1.61 bits per heavy atom. The van der Waals surface area contributed by atoms with Crippen molar-refractivity contribution in [1.29, 1.82) is 0 Å². The third-order valence-electron chi connectivity index (χ3n) is 6.18. The van der Waals surface area contributed by atoms with Gasteiger partial charge in [0.05, 0.1) is 13.2 Å². The molecule has 160 valence electrons. The van der Waals surface area contributed by atoms with Gasteiger partial charge in [0.25, 0.3) is 0 Å². The number of benzene rings is 3. The Morgan fingerprint density at radius 1 is 0.903 bits per heavy atom. The number of hydrogen-bond donors (Lipinski definition) is 1. The number of hydrogen-bond acceptors (Lipinski definition) is 3. The van der Waals surface area contributed by atoms with Gasteiger partial charge in [-0.2, -0.15) is 0 Å².